The van der Waals surface area contributed by atoms with Gasteiger partial charge in [-0.1, -0.05) is 13.8 Å². The van der Waals surface area contributed by atoms with E-state index in [0.717, 1.165) is 0 Å². The number of aromatic amines is 1. The number of H-pyrrole nitrogens is 1. The van der Waals surface area contributed by atoms with Gasteiger partial charge in [-0.15, -0.1) is 0 Å². The lowest BCUT2D eigenvalue weighted by Crippen LogP contribution is -2.52. The number of rotatable bonds is 4. The third kappa shape index (κ3) is 2.12. The largest absolute Gasteiger partial charge is 0.393 e. The van der Waals surface area contributed by atoms with Gasteiger partial charge in [-0.3, -0.25) is 24.5 Å². The van der Waals surface area contributed by atoms with Crippen molar-refractivity contribution in [3.63, 3.8) is 0 Å². The van der Waals surface area contributed by atoms with Crippen LogP contribution in [0.25, 0.3) is 11.2 Å². The summed E-state index contributed by atoms with van der Waals surface area (Å²) in [6.07, 6.45) is 0.268. The molecule has 11 heteroatoms. The maximum absolute atomic E-state index is 12.4. The number of aliphatic hydroxyl groups excluding tert-OH is 2. The molecule has 0 aromatic carbocycles. The Morgan fingerprint density at radius 3 is 2.86 bits per heavy atom. The average molecular weight is 391 g/mol. The van der Waals surface area contributed by atoms with E-state index in [1.165, 1.54) is 10.9 Å². The van der Waals surface area contributed by atoms with Crippen molar-refractivity contribution in [1.82, 2.24) is 19.5 Å². The lowest BCUT2D eigenvalue weighted by atomic mass is 9.91. The summed E-state index contributed by atoms with van der Waals surface area (Å²) in [6, 6.07) is 0. The number of nitrogens with zero attached hydrogens (tertiary/aromatic N) is 3. The van der Waals surface area contributed by atoms with E-state index in [2.05, 4.69) is 20.3 Å². The Morgan fingerprint density at radius 2 is 2.21 bits per heavy atom. The summed E-state index contributed by atoms with van der Waals surface area (Å²) in [4.78, 5) is 35.2. The zero-order chi connectivity index (χ0) is 19.8. The fraction of sp³-hybridized carbons (Fsp3) is 0.647. The number of aromatic nitrogens is 4. The minimum absolute atomic E-state index is 0.00175. The molecule has 4 N–H and O–H groups in total. The summed E-state index contributed by atoms with van der Waals surface area (Å²) >= 11 is 0. The van der Waals surface area contributed by atoms with Crippen LogP contribution in [0.4, 0.5) is 5.95 Å². The van der Waals surface area contributed by atoms with Gasteiger partial charge in [-0.2, -0.15) is 4.98 Å². The first-order valence-corrected chi connectivity index (χ1v) is 9.24. The SMILES string of the molecule is CC(C)C(=O)Nc1nc2c(ncn2[C@@H]2O[C@]3(CO)C(O)C2OC32CC2)c(=O)[nH]1. The van der Waals surface area contributed by atoms with Gasteiger partial charge < -0.3 is 19.7 Å². The molecular formula is C17H21N5O6. The van der Waals surface area contributed by atoms with Gasteiger partial charge in [0.1, 0.15) is 17.8 Å². The Morgan fingerprint density at radius 1 is 1.46 bits per heavy atom. The van der Waals surface area contributed by atoms with E-state index >= 15 is 0 Å². The van der Waals surface area contributed by atoms with Gasteiger partial charge in [0.25, 0.3) is 5.56 Å². The van der Waals surface area contributed by atoms with Crippen molar-refractivity contribution >= 4 is 23.0 Å². The fourth-order valence-corrected chi connectivity index (χ4v) is 4.21. The lowest BCUT2D eigenvalue weighted by molar-refractivity contribution is -0.233. The molecule has 0 radical (unpaired) electrons. The summed E-state index contributed by atoms with van der Waals surface area (Å²) in [5, 5.41) is 23.2. The maximum Gasteiger partial charge on any atom is 0.280 e. The molecule has 5 rings (SSSR count). The molecule has 4 atom stereocenters. The first-order valence-electron chi connectivity index (χ1n) is 9.24. The molecule has 3 aliphatic rings. The number of fused-ring (bicyclic) bond motifs is 4. The van der Waals surface area contributed by atoms with E-state index in [1.807, 2.05) is 0 Å². The van der Waals surface area contributed by atoms with Crippen LogP contribution in [0, 0.1) is 5.92 Å². The van der Waals surface area contributed by atoms with Crippen LogP contribution >= 0.6 is 0 Å². The zero-order valence-electron chi connectivity index (χ0n) is 15.4. The van der Waals surface area contributed by atoms with Crippen LogP contribution in [0.3, 0.4) is 0 Å². The number of carbonyl (C=O) groups excluding carboxylic acids is 1. The molecule has 2 bridgehead atoms. The van der Waals surface area contributed by atoms with Gasteiger partial charge in [-0.25, -0.2) is 4.98 Å². The van der Waals surface area contributed by atoms with E-state index in [9.17, 15) is 19.8 Å². The predicted molar refractivity (Wildman–Crippen MR) is 94.4 cm³/mol. The maximum atomic E-state index is 12.4. The molecule has 1 saturated carbocycles. The number of hydrogen-bond donors (Lipinski definition) is 4. The van der Waals surface area contributed by atoms with E-state index in [0.29, 0.717) is 12.8 Å². The number of aliphatic hydroxyl groups is 2. The second-order valence-electron chi connectivity index (χ2n) is 7.96. The summed E-state index contributed by atoms with van der Waals surface area (Å²) in [7, 11) is 0. The van der Waals surface area contributed by atoms with E-state index in [1.54, 1.807) is 13.8 Å². The number of nitrogens with one attached hydrogen (secondary N) is 2. The van der Waals surface area contributed by atoms with Crippen LogP contribution in [-0.4, -0.2) is 65.7 Å². The molecule has 4 heterocycles. The van der Waals surface area contributed by atoms with E-state index < -0.39 is 35.2 Å². The second-order valence-corrected chi connectivity index (χ2v) is 7.96. The number of hydrogen-bond acceptors (Lipinski definition) is 8. The first-order chi connectivity index (χ1) is 13.3. The number of imidazole rings is 1. The van der Waals surface area contributed by atoms with Crippen LogP contribution in [0.15, 0.2) is 11.1 Å². The molecule has 150 valence electrons. The first kappa shape index (κ1) is 17.7. The van der Waals surface area contributed by atoms with Crippen molar-refractivity contribution in [2.45, 2.75) is 56.3 Å². The molecule has 1 spiro atoms. The van der Waals surface area contributed by atoms with E-state index in [4.69, 9.17) is 9.47 Å². The topological polar surface area (TPSA) is 152 Å². The van der Waals surface area contributed by atoms with Gasteiger partial charge in [-0.05, 0) is 12.8 Å². The van der Waals surface area contributed by atoms with Gasteiger partial charge >= 0.3 is 0 Å². The van der Waals surface area contributed by atoms with Gasteiger partial charge in [0.2, 0.25) is 11.9 Å². The third-order valence-electron chi connectivity index (χ3n) is 5.95. The second kappa shape index (κ2) is 5.60. The van der Waals surface area contributed by atoms with Crippen molar-refractivity contribution in [3.05, 3.63) is 16.7 Å². The monoisotopic (exact) mass is 391 g/mol. The highest BCUT2D eigenvalue weighted by Gasteiger charge is 2.78. The number of anilines is 1. The summed E-state index contributed by atoms with van der Waals surface area (Å²) in [5.41, 5.74) is -2.10. The quantitative estimate of drug-likeness (QED) is 0.532. The Labute approximate surface area is 158 Å². The fourth-order valence-electron chi connectivity index (χ4n) is 4.21. The van der Waals surface area contributed by atoms with Crippen molar-refractivity contribution in [1.29, 1.82) is 0 Å². The molecule has 1 amide bonds. The summed E-state index contributed by atoms with van der Waals surface area (Å²) in [5.74, 6) is -0.584. The number of amides is 1. The molecule has 2 aromatic heterocycles. The number of carbonyl (C=O) groups is 1. The minimum atomic E-state index is -1.20. The van der Waals surface area contributed by atoms with Gasteiger partial charge in [0.05, 0.1) is 12.9 Å². The standard InChI is InChI=1S/C17H21N5O6/c1-7(2)12(25)20-15-19-11-8(13(26)21-15)18-6-22(11)14-9-10(24)17(5-23,28-14)16(27-9)3-4-16/h6-7,9-10,14,23-24H,3-5H2,1-2H3,(H2,19,20,21,25,26)/t9?,10?,14-,17-/m1/s1. The molecule has 3 fully saturated rings. The molecule has 2 aromatic rings. The highest BCUT2D eigenvalue weighted by Crippen LogP contribution is 2.64. The van der Waals surface area contributed by atoms with Crippen LogP contribution in [0.5, 0.6) is 0 Å². The van der Waals surface area contributed by atoms with Crippen LogP contribution in [0.2, 0.25) is 0 Å². The van der Waals surface area contributed by atoms with E-state index in [-0.39, 0.29) is 35.5 Å². The molecular weight excluding hydrogens is 370 g/mol. The van der Waals surface area contributed by atoms with Crippen molar-refractivity contribution in [2.75, 3.05) is 11.9 Å². The lowest BCUT2D eigenvalue weighted by Gasteiger charge is -2.36. The molecule has 11 nitrogen and oxygen atoms in total. The van der Waals surface area contributed by atoms with Crippen molar-refractivity contribution in [2.24, 2.45) is 5.92 Å². The highest BCUT2D eigenvalue weighted by molar-refractivity contribution is 5.91. The Hall–Kier alpha value is -2.34. The minimum Gasteiger partial charge on any atom is -0.393 e. The van der Waals surface area contributed by atoms with Crippen molar-refractivity contribution in [3.8, 4) is 0 Å². The Bertz CT molecular complexity index is 1030. The number of ether oxygens (including phenoxy) is 2. The smallest absolute Gasteiger partial charge is 0.280 e. The highest BCUT2D eigenvalue weighted by atomic mass is 16.7. The molecule has 28 heavy (non-hydrogen) atoms. The average Bonchev–Trinajstić information content (AvgIpc) is 3.12. The van der Waals surface area contributed by atoms with Gasteiger partial charge in [0, 0.05) is 5.92 Å². The van der Waals surface area contributed by atoms with Crippen molar-refractivity contribution < 1.29 is 24.5 Å². The molecule has 1 aliphatic carbocycles. The van der Waals surface area contributed by atoms with Gasteiger partial charge in [0.15, 0.2) is 23.0 Å². The summed E-state index contributed by atoms with van der Waals surface area (Å²) in [6.45, 7) is 3.07. The van der Waals surface area contributed by atoms with Crippen LogP contribution in [0.1, 0.15) is 32.9 Å². The molecule has 2 saturated heterocycles. The Balaban J connectivity index is 1.55. The third-order valence-corrected chi connectivity index (χ3v) is 5.95. The molecule has 2 aliphatic heterocycles. The van der Waals surface area contributed by atoms with Crippen LogP contribution in [-0.2, 0) is 14.3 Å². The normalized spacial score (nSPS) is 32.5. The van der Waals surface area contributed by atoms with Crippen LogP contribution < -0.4 is 10.9 Å². The Kier molecular flexibility index (Phi) is 3.55. The summed E-state index contributed by atoms with van der Waals surface area (Å²) < 4.78 is 13.6. The zero-order valence-corrected chi connectivity index (χ0v) is 15.4. The predicted octanol–water partition coefficient (Wildman–Crippen LogP) is -0.734. The molecule has 2 unspecified atom stereocenters.